The Morgan fingerprint density at radius 1 is 0.900 bits per heavy atom. The highest BCUT2D eigenvalue weighted by atomic mass is 35.5. The molecule has 1 aromatic rings. The molecule has 0 unspecified atom stereocenters. The number of rotatable bonds is 11. The first-order valence-electron chi connectivity index (χ1n) is 7.88. The van der Waals surface area contributed by atoms with Crippen LogP contribution in [0.3, 0.4) is 0 Å². The average molecular weight is 313 g/mol. The molecule has 0 radical (unpaired) electrons. The van der Waals surface area contributed by atoms with Gasteiger partial charge in [-0.05, 0) is 37.5 Å². The van der Waals surface area contributed by atoms with Crippen molar-refractivity contribution in [2.24, 2.45) is 0 Å². The fraction of sp³-hybridized carbons (Fsp3) is 0.647. The molecule has 20 heavy (non-hydrogen) atoms. The third-order valence-corrected chi connectivity index (χ3v) is 6.01. The second kappa shape index (κ2) is 10.4. The fourth-order valence-corrected chi connectivity index (χ4v) is 4.60. The van der Waals surface area contributed by atoms with E-state index in [4.69, 9.17) is 16.0 Å². The molecule has 1 nitrogen and oxygen atoms in total. The molecule has 0 atom stereocenters. The van der Waals surface area contributed by atoms with Crippen LogP contribution in [-0.2, 0) is 10.5 Å². The molecular weight excluding hydrogens is 284 g/mol. The highest BCUT2D eigenvalue weighted by Gasteiger charge is 2.22. The molecule has 0 saturated heterocycles. The Morgan fingerprint density at radius 3 is 2.15 bits per heavy atom. The van der Waals surface area contributed by atoms with Crippen LogP contribution in [0.1, 0.15) is 44.1 Å². The standard InChI is InChI=1S/C17H29ClOSi/c1-20(2,16-17-12-8-7-9-13-17)19-15-11-6-4-3-5-10-14-18/h7-9,12-13H,3-6,10-11,14-16H2,1-2H3. The molecule has 0 aliphatic heterocycles. The Bertz CT molecular complexity index is 340. The van der Waals surface area contributed by atoms with E-state index in [1.54, 1.807) is 0 Å². The SMILES string of the molecule is C[Si](C)(Cc1ccccc1)OCCCCCCCCCl. The molecule has 0 N–H and O–H groups in total. The molecule has 0 saturated carbocycles. The van der Waals surface area contributed by atoms with Crippen LogP contribution in [0.15, 0.2) is 30.3 Å². The first kappa shape index (κ1) is 17.7. The Kier molecular flexibility index (Phi) is 9.24. The molecule has 0 fully saturated rings. The van der Waals surface area contributed by atoms with Crippen molar-refractivity contribution >= 4 is 19.9 Å². The van der Waals surface area contributed by atoms with E-state index >= 15 is 0 Å². The van der Waals surface area contributed by atoms with Crippen LogP contribution in [0.2, 0.25) is 13.1 Å². The number of benzene rings is 1. The van der Waals surface area contributed by atoms with Crippen LogP contribution >= 0.6 is 11.6 Å². The number of alkyl halides is 1. The molecule has 1 aromatic carbocycles. The first-order valence-corrected chi connectivity index (χ1v) is 11.5. The lowest BCUT2D eigenvalue weighted by molar-refractivity contribution is 0.293. The summed E-state index contributed by atoms with van der Waals surface area (Å²) in [5.74, 6) is 0.808. The van der Waals surface area contributed by atoms with Crippen LogP contribution in [0.5, 0.6) is 0 Å². The Hall–Kier alpha value is -0.313. The van der Waals surface area contributed by atoms with Gasteiger partial charge in [-0.3, -0.25) is 0 Å². The van der Waals surface area contributed by atoms with E-state index < -0.39 is 8.32 Å². The van der Waals surface area contributed by atoms with Gasteiger partial charge in [0, 0.05) is 12.5 Å². The zero-order valence-corrected chi connectivity index (χ0v) is 14.8. The van der Waals surface area contributed by atoms with Gasteiger partial charge in [0.05, 0.1) is 0 Å². The van der Waals surface area contributed by atoms with E-state index in [9.17, 15) is 0 Å². The van der Waals surface area contributed by atoms with Crippen molar-refractivity contribution in [1.82, 2.24) is 0 Å². The van der Waals surface area contributed by atoms with Crippen LogP contribution in [-0.4, -0.2) is 20.8 Å². The molecule has 0 spiro atoms. The van der Waals surface area contributed by atoms with Crippen molar-refractivity contribution in [1.29, 1.82) is 0 Å². The van der Waals surface area contributed by atoms with E-state index in [-0.39, 0.29) is 0 Å². The third-order valence-electron chi connectivity index (χ3n) is 3.49. The van der Waals surface area contributed by atoms with Gasteiger partial charge < -0.3 is 4.43 Å². The van der Waals surface area contributed by atoms with Gasteiger partial charge in [-0.15, -0.1) is 11.6 Å². The zero-order valence-electron chi connectivity index (χ0n) is 13.0. The molecule has 0 heterocycles. The predicted octanol–water partition coefficient (Wildman–Crippen LogP) is 5.57. The summed E-state index contributed by atoms with van der Waals surface area (Å²) < 4.78 is 6.18. The Morgan fingerprint density at radius 2 is 1.50 bits per heavy atom. The molecule has 0 bridgehead atoms. The number of unbranched alkanes of at least 4 members (excludes halogenated alkanes) is 5. The van der Waals surface area contributed by atoms with Crippen molar-refractivity contribution in [2.75, 3.05) is 12.5 Å². The van der Waals surface area contributed by atoms with Crippen LogP contribution in [0.4, 0.5) is 0 Å². The second-order valence-electron chi connectivity index (χ2n) is 6.08. The summed E-state index contributed by atoms with van der Waals surface area (Å²) in [6.45, 7) is 5.57. The maximum atomic E-state index is 6.18. The minimum Gasteiger partial charge on any atom is -0.417 e. The minimum absolute atomic E-state index is 0.808. The summed E-state index contributed by atoms with van der Waals surface area (Å²) in [6, 6.07) is 11.8. The van der Waals surface area contributed by atoms with E-state index in [1.165, 1.54) is 37.7 Å². The zero-order chi connectivity index (χ0) is 14.7. The van der Waals surface area contributed by atoms with Crippen LogP contribution in [0, 0.1) is 0 Å². The fourth-order valence-electron chi connectivity index (χ4n) is 2.39. The van der Waals surface area contributed by atoms with Gasteiger partial charge in [0.15, 0.2) is 8.32 Å². The van der Waals surface area contributed by atoms with Crippen LogP contribution in [0.25, 0.3) is 0 Å². The number of hydrogen-bond acceptors (Lipinski definition) is 1. The van der Waals surface area contributed by atoms with E-state index in [0.717, 1.165) is 25.0 Å². The van der Waals surface area contributed by atoms with Gasteiger partial charge in [0.2, 0.25) is 0 Å². The molecule has 0 aromatic heterocycles. The normalized spacial score (nSPS) is 11.8. The topological polar surface area (TPSA) is 9.23 Å². The van der Waals surface area contributed by atoms with Gasteiger partial charge in [-0.2, -0.15) is 0 Å². The van der Waals surface area contributed by atoms with Crippen molar-refractivity contribution in [2.45, 2.75) is 57.7 Å². The van der Waals surface area contributed by atoms with Gasteiger partial charge >= 0.3 is 0 Å². The summed E-state index contributed by atoms with van der Waals surface area (Å²) in [4.78, 5) is 0. The predicted molar refractivity (Wildman–Crippen MR) is 92.0 cm³/mol. The number of hydrogen-bond donors (Lipinski definition) is 0. The summed E-state index contributed by atoms with van der Waals surface area (Å²) in [5, 5.41) is 0. The van der Waals surface area contributed by atoms with Gasteiger partial charge in [0.25, 0.3) is 0 Å². The molecule has 0 amide bonds. The van der Waals surface area contributed by atoms with Crippen LogP contribution < -0.4 is 0 Å². The smallest absolute Gasteiger partial charge is 0.190 e. The summed E-state index contributed by atoms with van der Waals surface area (Å²) in [6.07, 6.45) is 7.57. The van der Waals surface area contributed by atoms with E-state index in [2.05, 4.69) is 43.4 Å². The largest absolute Gasteiger partial charge is 0.417 e. The summed E-state index contributed by atoms with van der Waals surface area (Å²) in [7, 11) is -1.54. The van der Waals surface area contributed by atoms with Gasteiger partial charge in [-0.25, -0.2) is 0 Å². The van der Waals surface area contributed by atoms with Gasteiger partial charge in [0.1, 0.15) is 0 Å². The highest BCUT2D eigenvalue weighted by molar-refractivity contribution is 6.70. The minimum atomic E-state index is -1.54. The summed E-state index contributed by atoms with van der Waals surface area (Å²) >= 11 is 5.67. The molecule has 0 aliphatic rings. The van der Waals surface area contributed by atoms with Crippen molar-refractivity contribution in [3.8, 4) is 0 Å². The maximum absolute atomic E-state index is 6.18. The van der Waals surface area contributed by atoms with E-state index in [1.807, 2.05) is 0 Å². The lowest BCUT2D eigenvalue weighted by Gasteiger charge is -2.23. The average Bonchev–Trinajstić information content (AvgIpc) is 2.42. The highest BCUT2D eigenvalue weighted by Crippen LogP contribution is 2.14. The lowest BCUT2D eigenvalue weighted by atomic mass is 10.1. The summed E-state index contributed by atoms with van der Waals surface area (Å²) in [5.41, 5.74) is 1.41. The molecular formula is C17H29ClOSi. The molecule has 3 heteroatoms. The van der Waals surface area contributed by atoms with Crippen molar-refractivity contribution in [3.05, 3.63) is 35.9 Å². The van der Waals surface area contributed by atoms with Gasteiger partial charge in [-0.1, -0.05) is 56.0 Å². The Balaban J connectivity index is 2.08. The maximum Gasteiger partial charge on any atom is 0.190 e. The van der Waals surface area contributed by atoms with Crippen molar-refractivity contribution < 1.29 is 4.43 Å². The van der Waals surface area contributed by atoms with Crippen molar-refractivity contribution in [3.63, 3.8) is 0 Å². The Labute approximate surface area is 130 Å². The first-order chi connectivity index (χ1) is 9.64. The quantitative estimate of drug-likeness (QED) is 0.295. The van der Waals surface area contributed by atoms with E-state index in [0.29, 0.717) is 0 Å². The molecule has 1 rings (SSSR count). The third kappa shape index (κ3) is 8.78. The monoisotopic (exact) mass is 312 g/mol. The number of halogens is 1. The molecule has 114 valence electrons. The lowest BCUT2D eigenvalue weighted by Crippen LogP contribution is -2.34. The molecule has 0 aliphatic carbocycles. The second-order valence-corrected chi connectivity index (χ2v) is 10.6.